The topological polar surface area (TPSA) is 83.7 Å². The van der Waals surface area contributed by atoms with Gasteiger partial charge in [-0.2, -0.15) is 4.31 Å². The van der Waals surface area contributed by atoms with Crippen LogP contribution in [0.5, 0.6) is 0 Å². The first kappa shape index (κ1) is 17.4. The first-order valence-electron chi connectivity index (χ1n) is 7.06. The largest absolute Gasteiger partial charge is 0.340 e. The number of nitrogens with zero attached hydrogens (tertiary/aromatic N) is 2. The van der Waals surface area contributed by atoms with Crippen molar-refractivity contribution in [2.24, 2.45) is 5.73 Å². The van der Waals surface area contributed by atoms with Crippen molar-refractivity contribution in [3.8, 4) is 0 Å². The molecule has 1 unspecified atom stereocenters. The summed E-state index contributed by atoms with van der Waals surface area (Å²) in [4.78, 5) is 14.1. The fourth-order valence-corrected chi connectivity index (χ4v) is 3.78. The van der Waals surface area contributed by atoms with Gasteiger partial charge in [-0.25, -0.2) is 8.42 Å². The van der Waals surface area contributed by atoms with E-state index < -0.39 is 10.0 Å². The van der Waals surface area contributed by atoms with Crippen molar-refractivity contribution in [3.63, 3.8) is 0 Å². The standard InChI is InChI=1S/C14H20BrN3O3S/c1-17(10-14(19)18-8-2-3-12(16)9-18)22(20,21)13-6-4-11(15)5-7-13/h4-7,12H,2-3,8-10,16H2,1H3. The molecule has 1 atom stereocenters. The lowest BCUT2D eigenvalue weighted by Crippen LogP contribution is -2.49. The number of carbonyl (C=O) groups excluding carboxylic acids is 1. The first-order valence-corrected chi connectivity index (χ1v) is 9.29. The normalized spacial score (nSPS) is 19.5. The van der Waals surface area contributed by atoms with Crippen molar-refractivity contribution >= 4 is 31.9 Å². The Morgan fingerprint density at radius 2 is 2.05 bits per heavy atom. The molecule has 0 radical (unpaired) electrons. The molecule has 6 nitrogen and oxygen atoms in total. The molecule has 0 bridgehead atoms. The third-order valence-corrected chi connectivity index (χ3v) is 6.04. The Balaban J connectivity index is 2.05. The maximum Gasteiger partial charge on any atom is 0.243 e. The average Bonchev–Trinajstić information content (AvgIpc) is 2.47. The van der Waals surface area contributed by atoms with Crippen molar-refractivity contribution in [1.29, 1.82) is 0 Å². The number of benzene rings is 1. The molecule has 1 saturated heterocycles. The van der Waals surface area contributed by atoms with E-state index in [0.29, 0.717) is 13.1 Å². The van der Waals surface area contributed by atoms with Crippen LogP contribution in [0.2, 0.25) is 0 Å². The summed E-state index contributed by atoms with van der Waals surface area (Å²) < 4.78 is 26.8. The number of hydrogen-bond acceptors (Lipinski definition) is 4. The second-order valence-electron chi connectivity index (χ2n) is 5.46. The van der Waals surface area contributed by atoms with Gasteiger partial charge in [0.2, 0.25) is 15.9 Å². The molecular formula is C14H20BrN3O3S. The third-order valence-electron chi connectivity index (χ3n) is 3.69. The van der Waals surface area contributed by atoms with Gasteiger partial charge in [0.15, 0.2) is 0 Å². The molecule has 0 saturated carbocycles. The van der Waals surface area contributed by atoms with Crippen molar-refractivity contribution in [2.45, 2.75) is 23.8 Å². The molecule has 8 heteroatoms. The first-order chi connectivity index (χ1) is 10.3. The number of rotatable bonds is 4. The highest BCUT2D eigenvalue weighted by atomic mass is 79.9. The van der Waals surface area contributed by atoms with Gasteiger partial charge in [-0.15, -0.1) is 0 Å². The fraction of sp³-hybridized carbons (Fsp3) is 0.500. The highest BCUT2D eigenvalue weighted by molar-refractivity contribution is 9.10. The smallest absolute Gasteiger partial charge is 0.243 e. The maximum atomic E-state index is 12.4. The molecule has 22 heavy (non-hydrogen) atoms. The number of piperidine rings is 1. The lowest BCUT2D eigenvalue weighted by molar-refractivity contribution is -0.132. The van der Waals surface area contributed by atoms with Gasteiger partial charge in [-0.05, 0) is 37.1 Å². The van der Waals surface area contributed by atoms with Crippen molar-refractivity contribution in [3.05, 3.63) is 28.7 Å². The van der Waals surface area contributed by atoms with Crippen molar-refractivity contribution < 1.29 is 13.2 Å². The lowest BCUT2D eigenvalue weighted by Gasteiger charge is -2.31. The summed E-state index contributed by atoms with van der Waals surface area (Å²) in [6.07, 6.45) is 1.76. The van der Waals surface area contributed by atoms with Gasteiger partial charge in [-0.1, -0.05) is 15.9 Å². The summed E-state index contributed by atoms with van der Waals surface area (Å²) in [6, 6.07) is 6.32. The van der Waals surface area contributed by atoms with E-state index in [2.05, 4.69) is 15.9 Å². The molecular weight excluding hydrogens is 370 g/mol. The Kier molecular flexibility index (Phi) is 5.60. The molecule has 1 aromatic rings. The van der Waals surface area contributed by atoms with Crippen LogP contribution in [0.25, 0.3) is 0 Å². The zero-order valence-electron chi connectivity index (χ0n) is 12.4. The van der Waals surface area contributed by atoms with Crippen LogP contribution in [0, 0.1) is 0 Å². The van der Waals surface area contributed by atoms with Gasteiger partial charge < -0.3 is 10.6 Å². The summed E-state index contributed by atoms with van der Waals surface area (Å²) in [6.45, 7) is 0.953. The third kappa shape index (κ3) is 4.07. The summed E-state index contributed by atoms with van der Waals surface area (Å²) in [5.41, 5.74) is 5.85. The summed E-state index contributed by atoms with van der Waals surface area (Å²) in [7, 11) is -2.25. The zero-order valence-corrected chi connectivity index (χ0v) is 14.8. The van der Waals surface area contributed by atoms with Crippen LogP contribution in [-0.2, 0) is 14.8 Å². The minimum Gasteiger partial charge on any atom is -0.340 e. The molecule has 0 aliphatic carbocycles. The SMILES string of the molecule is CN(CC(=O)N1CCCC(N)C1)S(=O)(=O)c1ccc(Br)cc1. The molecule has 0 aromatic heterocycles. The van der Waals surface area contributed by atoms with Gasteiger partial charge in [0.05, 0.1) is 11.4 Å². The molecule has 1 aliphatic heterocycles. The molecule has 1 heterocycles. The Labute approximate surface area is 139 Å². The number of nitrogens with two attached hydrogens (primary N) is 1. The van der Waals surface area contributed by atoms with Crippen molar-refractivity contribution in [2.75, 3.05) is 26.7 Å². The fourth-order valence-electron chi connectivity index (χ4n) is 2.40. The van der Waals surface area contributed by atoms with Gasteiger partial charge in [-0.3, -0.25) is 4.79 Å². The van der Waals surface area contributed by atoms with Gasteiger partial charge in [0, 0.05) is 30.7 Å². The molecule has 2 rings (SSSR count). The number of carbonyl (C=O) groups is 1. The van der Waals surface area contributed by atoms with E-state index in [1.807, 2.05) is 0 Å². The van der Waals surface area contributed by atoms with E-state index in [9.17, 15) is 13.2 Å². The monoisotopic (exact) mass is 389 g/mol. The van der Waals surface area contributed by atoms with E-state index in [0.717, 1.165) is 21.6 Å². The molecule has 1 aliphatic rings. The van der Waals surface area contributed by atoms with E-state index in [1.165, 1.54) is 19.2 Å². The number of sulfonamides is 1. The minimum absolute atomic E-state index is 0.0221. The van der Waals surface area contributed by atoms with Crippen LogP contribution in [0.1, 0.15) is 12.8 Å². The predicted molar refractivity (Wildman–Crippen MR) is 87.7 cm³/mol. The van der Waals surface area contributed by atoms with E-state index in [1.54, 1.807) is 17.0 Å². The second kappa shape index (κ2) is 7.08. The lowest BCUT2D eigenvalue weighted by atomic mass is 10.1. The molecule has 1 aromatic carbocycles. The molecule has 122 valence electrons. The van der Waals surface area contributed by atoms with Crippen LogP contribution < -0.4 is 5.73 Å². The number of halogens is 1. The number of hydrogen-bond donors (Lipinski definition) is 1. The van der Waals surface area contributed by atoms with E-state index in [4.69, 9.17) is 5.73 Å². The predicted octanol–water partition coefficient (Wildman–Crippen LogP) is 1.02. The number of amides is 1. The number of likely N-dealkylation sites (tertiary alicyclic amines) is 1. The molecule has 1 amide bonds. The average molecular weight is 390 g/mol. The van der Waals surface area contributed by atoms with E-state index >= 15 is 0 Å². The number of likely N-dealkylation sites (N-methyl/N-ethyl adjacent to an activating group) is 1. The Morgan fingerprint density at radius 3 is 2.64 bits per heavy atom. The zero-order chi connectivity index (χ0) is 16.3. The van der Waals surface area contributed by atoms with Gasteiger partial charge >= 0.3 is 0 Å². The minimum atomic E-state index is -3.67. The summed E-state index contributed by atoms with van der Waals surface area (Å²) >= 11 is 3.27. The van der Waals surface area contributed by atoms with Crippen LogP contribution in [0.15, 0.2) is 33.6 Å². The van der Waals surface area contributed by atoms with Gasteiger partial charge in [0.1, 0.15) is 0 Å². The highest BCUT2D eigenvalue weighted by Crippen LogP contribution is 2.18. The highest BCUT2D eigenvalue weighted by Gasteiger charge is 2.27. The second-order valence-corrected chi connectivity index (χ2v) is 8.42. The van der Waals surface area contributed by atoms with Crippen LogP contribution in [0.4, 0.5) is 0 Å². The molecule has 0 spiro atoms. The Bertz CT molecular complexity index is 633. The van der Waals surface area contributed by atoms with Crippen LogP contribution >= 0.6 is 15.9 Å². The van der Waals surface area contributed by atoms with E-state index in [-0.39, 0.29) is 23.4 Å². The Morgan fingerprint density at radius 1 is 1.41 bits per heavy atom. The summed E-state index contributed by atoms with van der Waals surface area (Å²) in [5, 5.41) is 0. The summed E-state index contributed by atoms with van der Waals surface area (Å²) in [5.74, 6) is -0.210. The van der Waals surface area contributed by atoms with Crippen LogP contribution in [0.3, 0.4) is 0 Å². The van der Waals surface area contributed by atoms with Crippen molar-refractivity contribution in [1.82, 2.24) is 9.21 Å². The Hall–Kier alpha value is -0.960. The molecule has 1 fully saturated rings. The molecule has 2 N–H and O–H groups in total. The van der Waals surface area contributed by atoms with Gasteiger partial charge in [0.25, 0.3) is 0 Å². The van der Waals surface area contributed by atoms with Crippen LogP contribution in [-0.4, -0.2) is 56.3 Å². The maximum absolute atomic E-state index is 12.4. The quantitative estimate of drug-likeness (QED) is 0.832.